The molecule has 8 nitrogen and oxygen atoms in total. The van der Waals surface area contributed by atoms with Gasteiger partial charge in [-0.2, -0.15) is 0 Å². The summed E-state index contributed by atoms with van der Waals surface area (Å²) in [6, 6.07) is 8.09. The van der Waals surface area contributed by atoms with E-state index < -0.39 is 23.9 Å². The Morgan fingerprint density at radius 3 is 1.31 bits per heavy atom. The number of carboxylic acid groups (broad SMARTS) is 2. The monoisotopic (exact) mass is 358 g/mol. The van der Waals surface area contributed by atoms with Gasteiger partial charge in [0.2, 0.25) is 0 Å². The van der Waals surface area contributed by atoms with Gasteiger partial charge in [-0.05, 0) is 35.4 Å². The van der Waals surface area contributed by atoms with Crippen molar-refractivity contribution in [1.29, 1.82) is 0 Å². The lowest BCUT2D eigenvalue weighted by Crippen LogP contribution is -2.08. The molecule has 0 aliphatic carbocycles. The molecule has 8 heteroatoms. The predicted octanol–water partition coefficient (Wildman–Crippen LogP) is 2.60. The summed E-state index contributed by atoms with van der Waals surface area (Å²) in [6.07, 6.45) is 0. The Morgan fingerprint density at radius 2 is 1.04 bits per heavy atom. The van der Waals surface area contributed by atoms with Gasteiger partial charge in [0.15, 0.2) is 0 Å². The summed E-state index contributed by atoms with van der Waals surface area (Å²) >= 11 is 0. The summed E-state index contributed by atoms with van der Waals surface area (Å²) in [7, 11) is 0. The van der Waals surface area contributed by atoms with Gasteiger partial charge in [-0.25, -0.2) is 9.59 Å². The molecule has 0 saturated heterocycles. The first kappa shape index (κ1) is 18.7. The highest BCUT2D eigenvalue weighted by Gasteiger charge is 2.18. The first-order valence-electron chi connectivity index (χ1n) is 7.31. The maximum absolute atomic E-state index is 11.4. The Bertz CT molecular complexity index is 838. The molecule has 0 atom stereocenters. The van der Waals surface area contributed by atoms with Crippen molar-refractivity contribution >= 4 is 23.9 Å². The van der Waals surface area contributed by atoms with E-state index in [1.165, 1.54) is 36.4 Å². The number of carboxylic acids is 2. The second kappa shape index (κ2) is 7.47. The molecule has 0 aromatic heterocycles. The Morgan fingerprint density at radius 1 is 0.692 bits per heavy atom. The summed E-state index contributed by atoms with van der Waals surface area (Å²) in [5.41, 5.74) is 0.266. The Kier molecular flexibility index (Phi) is 5.36. The number of carbonyl (C=O) groups is 4. The van der Waals surface area contributed by atoms with E-state index in [1.807, 2.05) is 0 Å². The Balaban J connectivity index is 2.54. The molecule has 26 heavy (non-hydrogen) atoms. The Hall–Kier alpha value is -3.68. The van der Waals surface area contributed by atoms with Gasteiger partial charge in [-0.1, -0.05) is 12.1 Å². The average molecular weight is 358 g/mol. The highest BCUT2D eigenvalue weighted by atomic mass is 16.5. The highest BCUT2D eigenvalue weighted by molar-refractivity contribution is 5.96. The lowest BCUT2D eigenvalue weighted by atomic mass is 10.00. The summed E-state index contributed by atoms with van der Waals surface area (Å²) < 4.78 is 9.70. The second-order valence-electron chi connectivity index (χ2n) is 5.22. The highest BCUT2D eigenvalue weighted by Crippen LogP contribution is 2.30. The van der Waals surface area contributed by atoms with E-state index in [4.69, 9.17) is 9.47 Å². The van der Waals surface area contributed by atoms with Crippen LogP contribution in [0.5, 0.6) is 11.5 Å². The van der Waals surface area contributed by atoms with Gasteiger partial charge in [-0.15, -0.1) is 0 Å². The number of carbonyl (C=O) groups excluding carboxylic acids is 2. The summed E-state index contributed by atoms with van der Waals surface area (Å²) in [5, 5.41) is 18.6. The minimum absolute atomic E-state index is 0.122. The lowest BCUT2D eigenvalue weighted by molar-refractivity contribution is -0.132. The van der Waals surface area contributed by atoms with Crippen LogP contribution < -0.4 is 9.47 Å². The van der Waals surface area contributed by atoms with Gasteiger partial charge in [-0.3, -0.25) is 9.59 Å². The minimum Gasteiger partial charge on any atom is -0.478 e. The normalized spacial score (nSPS) is 10.1. The number of rotatable bonds is 5. The van der Waals surface area contributed by atoms with Crippen LogP contribution in [0.2, 0.25) is 0 Å². The molecule has 0 unspecified atom stereocenters. The van der Waals surface area contributed by atoms with Crippen molar-refractivity contribution < 1.29 is 38.9 Å². The number of benzene rings is 2. The van der Waals surface area contributed by atoms with Gasteiger partial charge in [0.25, 0.3) is 0 Å². The third kappa shape index (κ3) is 4.23. The van der Waals surface area contributed by atoms with Crippen molar-refractivity contribution in [2.45, 2.75) is 13.8 Å². The number of esters is 2. The zero-order chi connectivity index (χ0) is 19.4. The fourth-order valence-electron chi connectivity index (χ4n) is 2.24. The van der Waals surface area contributed by atoms with Crippen LogP contribution in [0.15, 0.2) is 36.4 Å². The molecule has 0 radical (unpaired) electrons. The summed E-state index contributed by atoms with van der Waals surface area (Å²) in [6.45, 7) is 2.29. The molecule has 0 aliphatic rings. The number of aromatic carboxylic acids is 2. The van der Waals surface area contributed by atoms with Gasteiger partial charge in [0, 0.05) is 13.8 Å². The molecule has 2 aromatic carbocycles. The molecule has 0 aliphatic heterocycles. The molecular weight excluding hydrogens is 344 g/mol. The van der Waals surface area contributed by atoms with E-state index in [2.05, 4.69) is 0 Å². The zero-order valence-electron chi connectivity index (χ0n) is 13.8. The lowest BCUT2D eigenvalue weighted by Gasteiger charge is -2.11. The maximum atomic E-state index is 11.4. The van der Waals surface area contributed by atoms with Gasteiger partial charge in [0.1, 0.15) is 22.6 Å². The SMILES string of the molecule is CC(=O)Oc1ccc(-c2ccc(OC(C)=O)c(C(=O)O)c2)cc1C(=O)O. The van der Waals surface area contributed by atoms with Crippen molar-refractivity contribution in [2.75, 3.05) is 0 Å². The van der Waals surface area contributed by atoms with Crippen LogP contribution in [-0.4, -0.2) is 34.1 Å². The second-order valence-corrected chi connectivity index (χ2v) is 5.22. The maximum Gasteiger partial charge on any atom is 0.339 e. The molecule has 0 heterocycles. The van der Waals surface area contributed by atoms with Crippen molar-refractivity contribution in [1.82, 2.24) is 0 Å². The summed E-state index contributed by atoms with van der Waals surface area (Å²) in [5.74, 6) is -4.19. The molecule has 0 saturated carbocycles. The number of hydrogen-bond donors (Lipinski definition) is 2. The van der Waals surface area contributed by atoms with E-state index in [0.29, 0.717) is 11.1 Å². The molecule has 2 aromatic rings. The Labute approximate surface area is 147 Å². The van der Waals surface area contributed by atoms with Gasteiger partial charge >= 0.3 is 23.9 Å². The zero-order valence-corrected chi connectivity index (χ0v) is 13.8. The van der Waals surface area contributed by atoms with E-state index in [-0.39, 0.29) is 22.6 Å². The van der Waals surface area contributed by atoms with Crippen LogP contribution in [0.4, 0.5) is 0 Å². The topological polar surface area (TPSA) is 127 Å². The van der Waals surface area contributed by atoms with E-state index >= 15 is 0 Å². The van der Waals surface area contributed by atoms with Crippen molar-refractivity contribution in [3.05, 3.63) is 47.5 Å². The molecule has 0 spiro atoms. The summed E-state index contributed by atoms with van der Waals surface area (Å²) in [4.78, 5) is 44.9. The standard InChI is InChI=1S/C18H14O8/c1-9(19)25-15-5-3-11(7-13(15)17(21)22)12-4-6-16(26-10(2)20)14(8-12)18(23)24/h3-8H,1-2H3,(H,21,22)(H,23,24). The third-order valence-electron chi connectivity index (χ3n) is 3.26. The van der Waals surface area contributed by atoms with Gasteiger partial charge < -0.3 is 19.7 Å². The molecule has 0 fully saturated rings. The van der Waals surface area contributed by atoms with Crippen LogP contribution in [0.1, 0.15) is 34.6 Å². The van der Waals surface area contributed by atoms with Crippen LogP contribution in [0.3, 0.4) is 0 Å². The number of hydrogen-bond acceptors (Lipinski definition) is 6. The smallest absolute Gasteiger partial charge is 0.339 e. The largest absolute Gasteiger partial charge is 0.478 e. The van der Waals surface area contributed by atoms with Crippen molar-refractivity contribution in [3.63, 3.8) is 0 Å². The minimum atomic E-state index is -1.31. The average Bonchev–Trinajstić information content (AvgIpc) is 2.54. The van der Waals surface area contributed by atoms with Crippen LogP contribution in [0.25, 0.3) is 11.1 Å². The molecular formula is C18H14O8. The van der Waals surface area contributed by atoms with Crippen molar-refractivity contribution in [2.24, 2.45) is 0 Å². The number of ether oxygens (including phenoxy) is 2. The first-order chi connectivity index (χ1) is 12.2. The quantitative estimate of drug-likeness (QED) is 0.617. The van der Waals surface area contributed by atoms with Crippen LogP contribution in [0, 0.1) is 0 Å². The molecule has 0 amide bonds. The van der Waals surface area contributed by atoms with E-state index in [0.717, 1.165) is 13.8 Å². The molecule has 2 rings (SSSR count). The van der Waals surface area contributed by atoms with E-state index in [9.17, 15) is 29.4 Å². The first-order valence-corrected chi connectivity index (χ1v) is 7.31. The van der Waals surface area contributed by atoms with E-state index in [1.54, 1.807) is 0 Å². The van der Waals surface area contributed by atoms with Crippen LogP contribution in [-0.2, 0) is 9.59 Å². The molecule has 134 valence electrons. The van der Waals surface area contributed by atoms with Crippen molar-refractivity contribution in [3.8, 4) is 22.6 Å². The fourth-order valence-corrected chi connectivity index (χ4v) is 2.24. The van der Waals surface area contributed by atoms with Crippen LogP contribution >= 0.6 is 0 Å². The third-order valence-corrected chi connectivity index (χ3v) is 3.26. The fraction of sp³-hybridized carbons (Fsp3) is 0.111. The molecule has 0 bridgehead atoms. The van der Waals surface area contributed by atoms with Gasteiger partial charge in [0.05, 0.1) is 0 Å². The molecule has 2 N–H and O–H groups in total. The predicted molar refractivity (Wildman–Crippen MR) is 88.4 cm³/mol.